The summed E-state index contributed by atoms with van der Waals surface area (Å²) in [6.45, 7) is 0. The molecule has 0 fully saturated rings. The summed E-state index contributed by atoms with van der Waals surface area (Å²) in [6, 6.07) is 62.0. The van der Waals surface area contributed by atoms with Crippen molar-refractivity contribution in [1.29, 1.82) is 0 Å². The molecule has 8 aromatic rings. The van der Waals surface area contributed by atoms with Crippen LogP contribution < -0.4 is 5.32 Å². The molecule has 0 spiro atoms. The van der Waals surface area contributed by atoms with Gasteiger partial charge in [0.2, 0.25) is 0 Å². The smallest absolute Gasteiger partial charge is 0.0714 e. The Kier molecular flexibility index (Phi) is 5.97. The van der Waals surface area contributed by atoms with Crippen molar-refractivity contribution in [2.75, 3.05) is 5.32 Å². The highest BCUT2D eigenvalue weighted by Gasteiger charge is 2.46. The van der Waals surface area contributed by atoms with E-state index in [1.165, 1.54) is 64.7 Å². The van der Waals surface area contributed by atoms with Gasteiger partial charge in [-0.25, -0.2) is 0 Å². The Morgan fingerprint density at radius 2 is 1.00 bits per heavy atom. The van der Waals surface area contributed by atoms with E-state index in [0.29, 0.717) is 0 Å². The van der Waals surface area contributed by atoms with Crippen LogP contribution in [0.4, 0.5) is 11.4 Å². The van der Waals surface area contributed by atoms with E-state index in [2.05, 4.69) is 175 Å². The van der Waals surface area contributed by atoms with Crippen LogP contribution in [0.2, 0.25) is 0 Å². The predicted molar refractivity (Wildman–Crippen MR) is 192 cm³/mol. The number of hydrogen-bond donors (Lipinski definition) is 1. The number of thiophene rings is 1. The number of nitrogens with one attached hydrogen (secondary N) is 1. The first kappa shape index (κ1) is 26.0. The van der Waals surface area contributed by atoms with E-state index in [-0.39, 0.29) is 0 Å². The molecule has 45 heavy (non-hydrogen) atoms. The summed E-state index contributed by atoms with van der Waals surface area (Å²) in [6.07, 6.45) is 0. The highest BCUT2D eigenvalue weighted by molar-refractivity contribution is 7.25. The molecule has 9 rings (SSSR count). The van der Waals surface area contributed by atoms with E-state index in [0.717, 1.165) is 11.4 Å². The maximum Gasteiger partial charge on any atom is 0.0714 e. The third-order valence-corrected chi connectivity index (χ3v) is 10.5. The van der Waals surface area contributed by atoms with Gasteiger partial charge in [-0.3, -0.25) is 0 Å². The molecule has 0 bridgehead atoms. The van der Waals surface area contributed by atoms with Crippen LogP contribution in [0.5, 0.6) is 0 Å². The lowest BCUT2D eigenvalue weighted by molar-refractivity contribution is 0.769. The Balaban J connectivity index is 1.11. The molecule has 0 saturated heterocycles. The van der Waals surface area contributed by atoms with Crippen LogP contribution in [0.25, 0.3) is 42.4 Å². The summed E-state index contributed by atoms with van der Waals surface area (Å²) in [5.41, 5.74) is 12.0. The molecule has 0 unspecified atom stereocenters. The lowest BCUT2D eigenvalue weighted by Crippen LogP contribution is -2.28. The van der Waals surface area contributed by atoms with Gasteiger partial charge in [-0.05, 0) is 87.0 Å². The van der Waals surface area contributed by atoms with E-state index >= 15 is 0 Å². The van der Waals surface area contributed by atoms with Crippen molar-refractivity contribution in [1.82, 2.24) is 0 Å². The van der Waals surface area contributed by atoms with Gasteiger partial charge in [-0.15, -0.1) is 11.3 Å². The van der Waals surface area contributed by atoms with Gasteiger partial charge in [0.25, 0.3) is 0 Å². The Morgan fingerprint density at radius 1 is 0.400 bits per heavy atom. The zero-order valence-corrected chi connectivity index (χ0v) is 25.4. The lowest BCUT2D eigenvalue weighted by Gasteiger charge is -2.34. The number of hydrogen-bond acceptors (Lipinski definition) is 2. The van der Waals surface area contributed by atoms with Crippen LogP contribution in [0, 0.1) is 0 Å². The molecule has 0 saturated carbocycles. The van der Waals surface area contributed by atoms with Crippen LogP contribution in [0.15, 0.2) is 170 Å². The maximum absolute atomic E-state index is 3.73. The van der Waals surface area contributed by atoms with Crippen molar-refractivity contribution in [3.05, 3.63) is 192 Å². The molecule has 0 aliphatic heterocycles. The molecule has 1 aromatic heterocycles. The van der Waals surface area contributed by atoms with Gasteiger partial charge in [0.05, 0.1) is 5.41 Å². The average Bonchev–Trinajstić information content (AvgIpc) is 3.63. The molecule has 1 aliphatic rings. The molecule has 0 amide bonds. The molecular weight excluding hydrogens is 563 g/mol. The molecule has 1 N–H and O–H groups in total. The highest BCUT2D eigenvalue weighted by Crippen LogP contribution is 2.56. The van der Waals surface area contributed by atoms with Crippen molar-refractivity contribution in [2.24, 2.45) is 0 Å². The van der Waals surface area contributed by atoms with Gasteiger partial charge in [0, 0.05) is 31.5 Å². The summed E-state index contributed by atoms with van der Waals surface area (Å²) in [5.74, 6) is 0. The normalized spacial score (nSPS) is 13.1. The summed E-state index contributed by atoms with van der Waals surface area (Å²) in [5, 5.41) is 6.39. The maximum atomic E-state index is 3.73. The Labute approximate surface area is 267 Å². The molecule has 212 valence electrons. The summed E-state index contributed by atoms with van der Waals surface area (Å²) in [4.78, 5) is 0. The molecule has 1 aliphatic carbocycles. The van der Waals surface area contributed by atoms with Crippen molar-refractivity contribution in [3.63, 3.8) is 0 Å². The number of benzene rings is 7. The fraction of sp³-hybridized carbons (Fsp3) is 0.0233. The van der Waals surface area contributed by atoms with E-state index < -0.39 is 5.41 Å². The Morgan fingerprint density at radius 3 is 1.78 bits per heavy atom. The van der Waals surface area contributed by atoms with Gasteiger partial charge in [0.15, 0.2) is 0 Å². The Bertz CT molecular complexity index is 2290. The number of fused-ring (bicyclic) bond motifs is 6. The van der Waals surface area contributed by atoms with Gasteiger partial charge in [-0.1, -0.05) is 127 Å². The quantitative estimate of drug-likeness (QED) is 0.210. The monoisotopic (exact) mass is 591 g/mol. The van der Waals surface area contributed by atoms with E-state index in [1.54, 1.807) is 0 Å². The van der Waals surface area contributed by atoms with E-state index in [1.807, 2.05) is 11.3 Å². The first-order valence-corrected chi connectivity index (χ1v) is 16.2. The highest BCUT2D eigenvalue weighted by atomic mass is 32.1. The predicted octanol–water partition coefficient (Wildman–Crippen LogP) is 11.8. The van der Waals surface area contributed by atoms with Crippen LogP contribution in [0.1, 0.15) is 22.3 Å². The number of anilines is 2. The standard InChI is InChI=1S/C43H29NS/c1-3-11-31(12-4-1)43(32-13-5-2-6-14-32)39-17-9-7-15-35(39)36-25-24-34(28-40(36)43)44-33-22-19-29(20-23-33)30-21-26-42-38(27-30)37-16-8-10-18-41(37)45-42/h1-28,44H. The minimum Gasteiger partial charge on any atom is -0.356 e. The average molecular weight is 592 g/mol. The molecular formula is C43H29NS. The lowest BCUT2D eigenvalue weighted by atomic mass is 9.67. The van der Waals surface area contributed by atoms with E-state index in [9.17, 15) is 0 Å². The van der Waals surface area contributed by atoms with Crippen LogP contribution in [-0.2, 0) is 5.41 Å². The Hall–Kier alpha value is -5.44. The van der Waals surface area contributed by atoms with Gasteiger partial charge < -0.3 is 5.32 Å². The summed E-state index contributed by atoms with van der Waals surface area (Å²) >= 11 is 1.86. The van der Waals surface area contributed by atoms with E-state index in [4.69, 9.17) is 0 Å². The largest absolute Gasteiger partial charge is 0.356 e. The molecule has 0 atom stereocenters. The summed E-state index contributed by atoms with van der Waals surface area (Å²) < 4.78 is 2.67. The van der Waals surface area contributed by atoms with Crippen LogP contribution in [-0.4, -0.2) is 0 Å². The molecule has 7 aromatic carbocycles. The SMILES string of the molecule is c1ccc(C2(c3ccccc3)c3ccccc3-c3ccc(Nc4ccc(-c5ccc6sc7ccccc7c6c5)cc4)cc32)cc1. The third kappa shape index (κ3) is 4.07. The number of rotatable bonds is 5. The second-order valence-electron chi connectivity index (χ2n) is 11.8. The molecule has 0 radical (unpaired) electrons. The molecule has 1 heterocycles. The summed E-state index contributed by atoms with van der Waals surface area (Å²) in [7, 11) is 0. The van der Waals surface area contributed by atoms with Crippen LogP contribution in [0.3, 0.4) is 0 Å². The minimum absolute atomic E-state index is 0.402. The molecule has 1 nitrogen and oxygen atoms in total. The third-order valence-electron chi connectivity index (χ3n) is 9.34. The zero-order valence-electron chi connectivity index (χ0n) is 24.6. The fourth-order valence-corrected chi connectivity index (χ4v) is 8.43. The van der Waals surface area contributed by atoms with Crippen molar-refractivity contribution < 1.29 is 0 Å². The van der Waals surface area contributed by atoms with Gasteiger partial charge >= 0.3 is 0 Å². The second-order valence-corrected chi connectivity index (χ2v) is 12.9. The second kappa shape index (κ2) is 10.3. The van der Waals surface area contributed by atoms with Crippen molar-refractivity contribution >= 4 is 42.9 Å². The van der Waals surface area contributed by atoms with Crippen molar-refractivity contribution in [2.45, 2.75) is 5.41 Å². The van der Waals surface area contributed by atoms with Crippen molar-refractivity contribution in [3.8, 4) is 22.3 Å². The minimum atomic E-state index is -0.402. The van der Waals surface area contributed by atoms with Crippen LogP contribution >= 0.6 is 11.3 Å². The fourth-order valence-electron chi connectivity index (χ4n) is 7.34. The topological polar surface area (TPSA) is 12.0 Å². The molecule has 2 heteroatoms. The zero-order chi connectivity index (χ0) is 29.8. The first-order chi connectivity index (χ1) is 22.3. The van der Waals surface area contributed by atoms with Gasteiger partial charge in [0.1, 0.15) is 0 Å². The first-order valence-electron chi connectivity index (χ1n) is 15.4. The van der Waals surface area contributed by atoms with Gasteiger partial charge in [-0.2, -0.15) is 0 Å².